The number of benzene rings is 1. The van der Waals surface area contributed by atoms with E-state index < -0.39 is 5.82 Å². The maximum atomic E-state index is 14.5. The van der Waals surface area contributed by atoms with E-state index in [1.54, 1.807) is 6.07 Å². The van der Waals surface area contributed by atoms with E-state index in [0.29, 0.717) is 57.4 Å². The van der Waals surface area contributed by atoms with Crippen LogP contribution in [0.2, 0.25) is 0 Å². The zero-order chi connectivity index (χ0) is 22.9. The third-order valence-corrected chi connectivity index (χ3v) is 6.47. The lowest BCUT2D eigenvalue weighted by Crippen LogP contribution is -2.42. The Labute approximate surface area is 191 Å². The lowest BCUT2D eigenvalue weighted by atomic mass is 10.0. The molecular weight excluding hydrogens is 423 g/mol. The highest BCUT2D eigenvalue weighted by Crippen LogP contribution is 2.37. The molecule has 2 fully saturated rings. The second-order valence-electron chi connectivity index (χ2n) is 8.97. The number of ether oxygens (including phenoxy) is 1. The number of aryl methyl sites for hydroxylation is 1. The zero-order valence-electron chi connectivity index (χ0n) is 18.7. The molecule has 0 unspecified atom stereocenters. The van der Waals surface area contributed by atoms with Crippen molar-refractivity contribution >= 4 is 16.9 Å². The number of piperidine rings is 1. The highest BCUT2D eigenvalue weighted by Gasteiger charge is 2.26. The van der Waals surface area contributed by atoms with Crippen molar-refractivity contribution in [1.29, 1.82) is 0 Å². The van der Waals surface area contributed by atoms with E-state index in [-0.39, 0.29) is 18.5 Å². The second kappa shape index (κ2) is 9.07. The van der Waals surface area contributed by atoms with E-state index in [9.17, 15) is 9.18 Å². The van der Waals surface area contributed by atoms with E-state index >= 15 is 0 Å². The van der Waals surface area contributed by atoms with Gasteiger partial charge < -0.3 is 26.1 Å². The predicted molar refractivity (Wildman–Crippen MR) is 123 cm³/mol. The van der Waals surface area contributed by atoms with Gasteiger partial charge >= 0.3 is 0 Å². The van der Waals surface area contributed by atoms with Crippen LogP contribution in [0.25, 0.3) is 22.3 Å². The molecule has 1 aromatic carbocycles. The molecule has 0 bridgehead atoms. The summed E-state index contributed by atoms with van der Waals surface area (Å²) in [5.74, 6) is 0.382. The number of aromatic amines is 1. The molecule has 3 aromatic rings. The maximum absolute atomic E-state index is 14.5. The van der Waals surface area contributed by atoms with Crippen LogP contribution in [0.15, 0.2) is 18.5 Å². The van der Waals surface area contributed by atoms with Crippen molar-refractivity contribution in [2.24, 2.45) is 11.7 Å². The molecular formula is C24H29FN6O2. The third-order valence-electron chi connectivity index (χ3n) is 6.47. The van der Waals surface area contributed by atoms with Crippen LogP contribution in [0, 0.1) is 18.7 Å². The molecule has 1 aliphatic carbocycles. The monoisotopic (exact) mass is 452 g/mol. The largest absolute Gasteiger partial charge is 0.492 e. The van der Waals surface area contributed by atoms with Crippen LogP contribution in [-0.2, 0) is 6.54 Å². The first-order chi connectivity index (χ1) is 16.0. The lowest BCUT2D eigenvalue weighted by Gasteiger charge is -2.23. The predicted octanol–water partition coefficient (Wildman–Crippen LogP) is 2.80. The second-order valence-corrected chi connectivity index (χ2v) is 8.97. The standard InChI is InChI=1S/C24H29FN6O2/c1-13-20(24(32)31-16-4-6-27-7-5-16)22-23(30-13)21(28-12-29-22)17-8-15(10-26)18(25)9-19(17)33-11-14-2-3-14/h8-9,12,14,16,27,30H,2-7,10-11,26H2,1H3,(H,31,32). The van der Waals surface area contributed by atoms with Gasteiger partial charge in [0.25, 0.3) is 5.91 Å². The van der Waals surface area contributed by atoms with Crippen LogP contribution < -0.4 is 21.1 Å². The summed E-state index contributed by atoms with van der Waals surface area (Å²) in [7, 11) is 0. The zero-order valence-corrected chi connectivity index (χ0v) is 18.7. The fourth-order valence-corrected chi connectivity index (χ4v) is 4.38. The summed E-state index contributed by atoms with van der Waals surface area (Å²) in [6, 6.07) is 3.20. The molecule has 33 heavy (non-hydrogen) atoms. The minimum absolute atomic E-state index is 0.0591. The van der Waals surface area contributed by atoms with Gasteiger partial charge in [0, 0.05) is 35.5 Å². The van der Waals surface area contributed by atoms with Crippen LogP contribution in [0.1, 0.15) is 47.3 Å². The number of aromatic nitrogens is 3. The first kappa shape index (κ1) is 21.8. The van der Waals surface area contributed by atoms with Crippen LogP contribution in [0.3, 0.4) is 0 Å². The van der Waals surface area contributed by atoms with Crippen LogP contribution >= 0.6 is 0 Å². The number of H-pyrrole nitrogens is 1. The van der Waals surface area contributed by atoms with Crippen molar-refractivity contribution in [2.75, 3.05) is 19.7 Å². The summed E-state index contributed by atoms with van der Waals surface area (Å²) in [6.45, 7) is 4.23. The molecule has 9 heteroatoms. The van der Waals surface area contributed by atoms with Crippen LogP contribution in [0.4, 0.5) is 4.39 Å². The summed E-state index contributed by atoms with van der Waals surface area (Å²) < 4.78 is 20.5. The molecule has 1 saturated carbocycles. The van der Waals surface area contributed by atoms with E-state index in [1.807, 2.05) is 6.92 Å². The fraction of sp³-hybridized carbons (Fsp3) is 0.458. The van der Waals surface area contributed by atoms with E-state index in [4.69, 9.17) is 10.5 Å². The van der Waals surface area contributed by atoms with Gasteiger partial charge in [0.2, 0.25) is 0 Å². The number of nitrogens with zero attached hydrogens (tertiary/aromatic N) is 2. The molecule has 0 atom stereocenters. The van der Waals surface area contributed by atoms with Gasteiger partial charge in [0.1, 0.15) is 29.1 Å². The Hall–Kier alpha value is -3.04. The number of nitrogens with two attached hydrogens (primary N) is 1. The first-order valence-electron chi connectivity index (χ1n) is 11.6. The van der Waals surface area contributed by atoms with E-state index in [1.165, 1.54) is 12.4 Å². The number of carbonyl (C=O) groups is 1. The van der Waals surface area contributed by atoms with Crippen molar-refractivity contribution in [3.05, 3.63) is 41.1 Å². The van der Waals surface area contributed by atoms with Crippen molar-refractivity contribution in [3.8, 4) is 17.0 Å². The smallest absolute Gasteiger partial charge is 0.255 e. The van der Waals surface area contributed by atoms with Crippen LogP contribution in [-0.4, -0.2) is 46.6 Å². The summed E-state index contributed by atoms with van der Waals surface area (Å²) in [4.78, 5) is 25.4. The number of fused-ring (bicyclic) bond motifs is 1. The quantitative estimate of drug-likeness (QED) is 0.438. The molecule has 8 nitrogen and oxygen atoms in total. The minimum Gasteiger partial charge on any atom is -0.492 e. The van der Waals surface area contributed by atoms with Gasteiger partial charge in [-0.25, -0.2) is 14.4 Å². The number of amides is 1. The van der Waals surface area contributed by atoms with Gasteiger partial charge in [-0.2, -0.15) is 0 Å². The van der Waals surface area contributed by atoms with E-state index in [0.717, 1.165) is 38.8 Å². The number of hydrogen-bond donors (Lipinski definition) is 4. The minimum atomic E-state index is -0.401. The number of rotatable bonds is 7. The molecule has 1 aliphatic heterocycles. The Morgan fingerprint density at radius 2 is 2.03 bits per heavy atom. The van der Waals surface area contributed by atoms with Gasteiger partial charge in [0.05, 0.1) is 17.7 Å². The maximum Gasteiger partial charge on any atom is 0.255 e. The molecule has 0 radical (unpaired) electrons. The Morgan fingerprint density at radius 3 is 2.76 bits per heavy atom. The average Bonchev–Trinajstić information content (AvgIpc) is 3.58. The first-order valence-corrected chi connectivity index (χ1v) is 11.6. The van der Waals surface area contributed by atoms with Gasteiger partial charge in [-0.15, -0.1) is 0 Å². The van der Waals surface area contributed by atoms with Crippen LogP contribution in [0.5, 0.6) is 5.75 Å². The van der Waals surface area contributed by atoms with Crippen molar-refractivity contribution in [2.45, 2.75) is 45.2 Å². The Balaban J connectivity index is 1.55. The number of halogens is 1. The highest BCUT2D eigenvalue weighted by atomic mass is 19.1. The molecule has 1 saturated heterocycles. The SMILES string of the molecule is Cc1[nH]c2c(-c3cc(CN)c(F)cc3OCC3CC3)ncnc2c1C(=O)NC1CCNCC1. The molecule has 1 amide bonds. The molecule has 174 valence electrons. The Morgan fingerprint density at radius 1 is 1.24 bits per heavy atom. The lowest BCUT2D eigenvalue weighted by molar-refractivity contribution is 0.0930. The summed E-state index contributed by atoms with van der Waals surface area (Å²) in [5.41, 5.74) is 9.72. The molecule has 2 aromatic heterocycles. The Kier molecular flexibility index (Phi) is 5.99. The number of nitrogens with one attached hydrogen (secondary N) is 3. The van der Waals surface area contributed by atoms with E-state index in [2.05, 4.69) is 25.6 Å². The van der Waals surface area contributed by atoms with Crippen molar-refractivity contribution in [3.63, 3.8) is 0 Å². The molecule has 0 spiro atoms. The summed E-state index contributed by atoms with van der Waals surface area (Å²) in [6.07, 6.45) is 5.48. The number of hydrogen-bond acceptors (Lipinski definition) is 6. The molecule has 5 rings (SSSR count). The van der Waals surface area contributed by atoms with Crippen molar-refractivity contribution in [1.82, 2.24) is 25.6 Å². The van der Waals surface area contributed by atoms with Gasteiger partial charge in [-0.05, 0) is 57.7 Å². The third kappa shape index (κ3) is 4.43. The van der Waals surface area contributed by atoms with Crippen molar-refractivity contribution < 1.29 is 13.9 Å². The average molecular weight is 453 g/mol. The van der Waals surface area contributed by atoms with Gasteiger partial charge in [-0.3, -0.25) is 4.79 Å². The topological polar surface area (TPSA) is 118 Å². The highest BCUT2D eigenvalue weighted by molar-refractivity contribution is 6.09. The fourth-order valence-electron chi connectivity index (χ4n) is 4.38. The number of carbonyl (C=O) groups excluding carboxylic acids is 1. The normalized spacial score (nSPS) is 16.8. The Bertz CT molecular complexity index is 1180. The molecule has 3 heterocycles. The summed E-state index contributed by atoms with van der Waals surface area (Å²) in [5, 5.41) is 6.44. The molecule has 5 N–H and O–H groups in total. The molecule has 2 aliphatic rings. The van der Waals surface area contributed by atoms with Gasteiger partial charge in [0.15, 0.2) is 0 Å². The van der Waals surface area contributed by atoms with Gasteiger partial charge in [-0.1, -0.05) is 0 Å². The summed E-state index contributed by atoms with van der Waals surface area (Å²) >= 11 is 0.